The van der Waals surface area contributed by atoms with E-state index in [-0.39, 0.29) is 18.2 Å². The average Bonchev–Trinajstić information content (AvgIpc) is 2.81. The second kappa shape index (κ2) is 12.1. The highest BCUT2D eigenvalue weighted by Crippen LogP contribution is 2.38. The van der Waals surface area contributed by atoms with Gasteiger partial charge in [0.2, 0.25) is 11.7 Å². The van der Waals surface area contributed by atoms with Gasteiger partial charge in [0.1, 0.15) is 0 Å². The lowest BCUT2D eigenvalue weighted by atomic mass is 10.1. The minimum Gasteiger partial charge on any atom is -0.493 e. The number of benzene rings is 1. The molecule has 1 saturated heterocycles. The third-order valence-corrected chi connectivity index (χ3v) is 5.03. The minimum absolute atomic E-state index is 0. The van der Waals surface area contributed by atoms with Gasteiger partial charge >= 0.3 is 0 Å². The van der Waals surface area contributed by atoms with E-state index >= 15 is 0 Å². The van der Waals surface area contributed by atoms with Crippen molar-refractivity contribution in [3.8, 4) is 17.2 Å². The van der Waals surface area contributed by atoms with E-state index in [2.05, 4.69) is 19.8 Å². The summed E-state index contributed by atoms with van der Waals surface area (Å²) in [5.74, 6) is 2.50. The number of carbonyl (C=O) groups is 1. The van der Waals surface area contributed by atoms with Gasteiger partial charge in [0.15, 0.2) is 17.3 Å². The molecule has 1 aliphatic heterocycles. The molecular weight excluding hydrogens is 420 g/mol. The van der Waals surface area contributed by atoms with Crippen molar-refractivity contribution in [1.29, 1.82) is 0 Å². The molecule has 3 rings (SSSR count). The van der Waals surface area contributed by atoms with E-state index < -0.39 is 0 Å². The molecule has 0 bridgehead atoms. The van der Waals surface area contributed by atoms with E-state index in [4.69, 9.17) is 14.2 Å². The molecule has 168 valence electrons. The van der Waals surface area contributed by atoms with Crippen LogP contribution in [0.1, 0.15) is 12.0 Å². The molecule has 0 amide bonds. The van der Waals surface area contributed by atoms with E-state index in [0.29, 0.717) is 23.7 Å². The van der Waals surface area contributed by atoms with Crippen molar-refractivity contribution in [1.82, 2.24) is 14.9 Å². The molecule has 0 radical (unpaired) electrons. The molecule has 0 saturated carbocycles. The molecule has 1 aromatic carbocycles. The maximum atomic E-state index is 12.3. The summed E-state index contributed by atoms with van der Waals surface area (Å²) in [6, 6.07) is 5.45. The summed E-state index contributed by atoms with van der Waals surface area (Å²) >= 11 is 0. The van der Waals surface area contributed by atoms with Crippen LogP contribution in [-0.2, 0) is 4.79 Å². The topological polar surface area (TPSA) is 77.0 Å². The number of ketones is 1. The molecule has 0 spiro atoms. The summed E-state index contributed by atoms with van der Waals surface area (Å²) < 4.78 is 16.0. The number of methoxy groups -OCH3 is 3. The Balaban J connectivity index is 0.00000341. The van der Waals surface area contributed by atoms with Gasteiger partial charge in [-0.1, -0.05) is 6.08 Å². The molecule has 0 aliphatic carbocycles. The van der Waals surface area contributed by atoms with E-state index in [1.165, 1.54) is 0 Å². The predicted molar refractivity (Wildman–Crippen MR) is 123 cm³/mol. The van der Waals surface area contributed by atoms with Gasteiger partial charge in [0.05, 0.1) is 21.3 Å². The van der Waals surface area contributed by atoms with E-state index in [1.807, 2.05) is 18.2 Å². The van der Waals surface area contributed by atoms with Crippen molar-refractivity contribution in [3.63, 3.8) is 0 Å². The number of hydrogen-bond donors (Lipinski definition) is 0. The van der Waals surface area contributed by atoms with E-state index in [0.717, 1.165) is 44.2 Å². The van der Waals surface area contributed by atoms with Crippen LogP contribution >= 0.6 is 12.4 Å². The summed E-state index contributed by atoms with van der Waals surface area (Å²) in [6.45, 7) is 4.24. The number of aromatic nitrogens is 2. The molecule has 2 aromatic rings. The van der Waals surface area contributed by atoms with E-state index in [9.17, 15) is 4.79 Å². The lowest BCUT2D eigenvalue weighted by molar-refractivity contribution is -0.114. The molecule has 0 N–H and O–H groups in total. The van der Waals surface area contributed by atoms with Crippen molar-refractivity contribution in [2.24, 2.45) is 0 Å². The lowest BCUT2D eigenvalue weighted by Crippen LogP contribution is -2.47. The van der Waals surface area contributed by atoms with Crippen LogP contribution in [0.15, 0.2) is 36.7 Å². The molecule has 1 aliphatic rings. The van der Waals surface area contributed by atoms with Crippen LogP contribution in [0.25, 0.3) is 6.08 Å². The molecule has 2 heterocycles. The largest absolute Gasteiger partial charge is 0.493 e. The monoisotopic (exact) mass is 448 g/mol. The summed E-state index contributed by atoms with van der Waals surface area (Å²) in [5.41, 5.74) is 0.814. The zero-order chi connectivity index (χ0) is 21.3. The number of ether oxygens (including phenoxy) is 3. The van der Waals surface area contributed by atoms with Gasteiger partial charge in [-0.25, -0.2) is 9.97 Å². The molecule has 1 fully saturated rings. The first kappa shape index (κ1) is 24.4. The summed E-state index contributed by atoms with van der Waals surface area (Å²) in [6.07, 6.45) is 7.37. The Hall–Kier alpha value is -2.84. The molecule has 0 unspecified atom stereocenters. The van der Waals surface area contributed by atoms with Crippen LogP contribution in [0, 0.1) is 0 Å². The van der Waals surface area contributed by atoms with Gasteiger partial charge in [-0.15, -0.1) is 12.4 Å². The molecule has 9 heteroatoms. The lowest BCUT2D eigenvalue weighted by Gasteiger charge is -2.34. The third-order valence-electron chi connectivity index (χ3n) is 5.03. The first-order valence-corrected chi connectivity index (χ1v) is 9.90. The SMILES string of the molecule is COc1cc(/C=C/C(=O)CCN2CCN(c3ncccn3)CC2)cc(OC)c1OC.Cl. The molecule has 0 atom stereocenters. The Morgan fingerprint density at radius 3 is 2.16 bits per heavy atom. The maximum Gasteiger partial charge on any atom is 0.225 e. The van der Waals surface area contributed by atoms with Gasteiger partial charge in [-0.05, 0) is 29.8 Å². The van der Waals surface area contributed by atoms with Crippen LogP contribution < -0.4 is 19.1 Å². The highest BCUT2D eigenvalue weighted by Gasteiger charge is 2.19. The van der Waals surface area contributed by atoms with Gasteiger partial charge in [-0.2, -0.15) is 0 Å². The number of nitrogens with zero attached hydrogens (tertiary/aromatic N) is 4. The van der Waals surface area contributed by atoms with Crippen LogP contribution in [0.2, 0.25) is 0 Å². The first-order valence-electron chi connectivity index (χ1n) is 9.90. The van der Waals surface area contributed by atoms with Gasteiger partial charge < -0.3 is 19.1 Å². The fourth-order valence-electron chi connectivity index (χ4n) is 3.36. The normalized spacial score (nSPS) is 14.2. The van der Waals surface area contributed by atoms with Crippen LogP contribution in [0.5, 0.6) is 17.2 Å². The molecule has 8 nitrogen and oxygen atoms in total. The number of anilines is 1. The maximum absolute atomic E-state index is 12.3. The minimum atomic E-state index is 0. The van der Waals surface area contributed by atoms with Crippen LogP contribution in [-0.4, -0.2) is 74.7 Å². The number of hydrogen-bond acceptors (Lipinski definition) is 8. The number of allylic oxidation sites excluding steroid dienone is 1. The smallest absolute Gasteiger partial charge is 0.225 e. The predicted octanol–water partition coefficient (Wildman–Crippen LogP) is 2.72. The Labute approximate surface area is 189 Å². The molecular formula is C22H29ClN4O4. The Kier molecular flexibility index (Phi) is 9.55. The summed E-state index contributed by atoms with van der Waals surface area (Å²) in [7, 11) is 4.70. The zero-order valence-electron chi connectivity index (χ0n) is 18.1. The Morgan fingerprint density at radius 1 is 1.00 bits per heavy atom. The average molecular weight is 449 g/mol. The second-order valence-electron chi connectivity index (χ2n) is 6.89. The van der Waals surface area contributed by atoms with Gasteiger partial charge in [-0.3, -0.25) is 9.69 Å². The second-order valence-corrected chi connectivity index (χ2v) is 6.89. The highest BCUT2D eigenvalue weighted by molar-refractivity contribution is 5.93. The van der Waals surface area contributed by atoms with Crippen molar-refractivity contribution >= 4 is 30.2 Å². The van der Waals surface area contributed by atoms with Crippen LogP contribution in [0.4, 0.5) is 5.95 Å². The van der Waals surface area contributed by atoms with Crippen molar-refractivity contribution < 1.29 is 19.0 Å². The summed E-state index contributed by atoms with van der Waals surface area (Å²) in [4.78, 5) is 25.4. The highest BCUT2D eigenvalue weighted by atomic mass is 35.5. The number of rotatable bonds is 9. The number of carbonyl (C=O) groups excluding carboxylic acids is 1. The number of piperazine rings is 1. The van der Waals surface area contributed by atoms with Gasteiger partial charge in [0, 0.05) is 51.5 Å². The summed E-state index contributed by atoms with van der Waals surface area (Å²) in [5, 5.41) is 0. The van der Waals surface area contributed by atoms with Crippen molar-refractivity contribution in [3.05, 3.63) is 42.2 Å². The fraction of sp³-hybridized carbons (Fsp3) is 0.409. The van der Waals surface area contributed by atoms with Crippen molar-refractivity contribution in [2.75, 3.05) is 59.0 Å². The van der Waals surface area contributed by atoms with Gasteiger partial charge in [0.25, 0.3) is 0 Å². The molecule has 31 heavy (non-hydrogen) atoms. The fourth-order valence-corrected chi connectivity index (χ4v) is 3.36. The Bertz CT molecular complexity index is 846. The standard InChI is InChI=1S/C22H28N4O4.ClH/c1-28-19-15-17(16-20(29-2)21(19)30-3)5-6-18(27)7-10-25-11-13-26(14-12-25)22-23-8-4-9-24-22;/h4-6,8-9,15-16H,7,10-14H2,1-3H3;1H/b6-5+;. The third kappa shape index (κ3) is 6.57. The first-order chi connectivity index (χ1) is 14.6. The molecule has 1 aromatic heterocycles. The van der Waals surface area contributed by atoms with Crippen LogP contribution in [0.3, 0.4) is 0 Å². The quantitative estimate of drug-likeness (QED) is 0.542. The number of halogens is 1. The Morgan fingerprint density at radius 2 is 1.61 bits per heavy atom. The zero-order valence-corrected chi connectivity index (χ0v) is 18.9. The van der Waals surface area contributed by atoms with Crippen molar-refractivity contribution in [2.45, 2.75) is 6.42 Å². The van der Waals surface area contributed by atoms with E-state index in [1.54, 1.807) is 45.9 Å².